The number of hydrogen-bond acceptors (Lipinski definition) is 6. The molecule has 0 unspecified atom stereocenters. The molecule has 0 bridgehead atoms. The quantitative estimate of drug-likeness (QED) is 0.372. The van der Waals surface area contributed by atoms with E-state index in [0.717, 1.165) is 0 Å². The van der Waals surface area contributed by atoms with Crippen molar-refractivity contribution in [2.75, 3.05) is 32.8 Å². The number of methoxy groups -OCH3 is 2. The molecule has 1 heterocycles. The highest BCUT2D eigenvalue weighted by atomic mass is 19.1. The lowest BCUT2D eigenvalue weighted by atomic mass is 10.2. The van der Waals surface area contributed by atoms with E-state index in [4.69, 9.17) is 14.2 Å². The lowest BCUT2D eigenvalue weighted by Crippen LogP contribution is -2.12. The van der Waals surface area contributed by atoms with Crippen LogP contribution < -0.4 is 14.8 Å². The molecule has 0 atom stereocenters. The van der Waals surface area contributed by atoms with E-state index >= 15 is 0 Å². The maximum Gasteiger partial charge on any atom is 0.336 e. The van der Waals surface area contributed by atoms with Crippen LogP contribution in [0.5, 0.6) is 11.8 Å². The number of rotatable bonds is 9. The number of ether oxygens (including phenoxy) is 3. The average molecular weight is 462 g/mol. The van der Waals surface area contributed by atoms with E-state index in [1.165, 1.54) is 12.1 Å². The van der Waals surface area contributed by atoms with Gasteiger partial charge in [0.05, 0.1) is 19.4 Å². The second-order valence-electron chi connectivity index (χ2n) is 7.21. The molecule has 0 radical (unpaired) electrons. The zero-order valence-corrected chi connectivity index (χ0v) is 18.7. The van der Waals surface area contributed by atoms with Gasteiger partial charge >= 0.3 is 6.01 Å². The molecule has 9 heteroatoms. The first-order valence-electron chi connectivity index (χ1n) is 10.5. The molecule has 0 saturated carbocycles. The molecule has 0 aliphatic heterocycles. The molecule has 4 rings (SSSR count). The Morgan fingerprint density at radius 3 is 2.47 bits per heavy atom. The van der Waals surface area contributed by atoms with Gasteiger partial charge in [0.15, 0.2) is 5.82 Å². The largest absolute Gasteiger partial charge is 0.497 e. The van der Waals surface area contributed by atoms with Gasteiger partial charge in [-0.05, 0) is 66.7 Å². The number of halogens is 1. The molecule has 1 aromatic heterocycles. The van der Waals surface area contributed by atoms with Crippen LogP contribution in [0.4, 0.5) is 10.1 Å². The van der Waals surface area contributed by atoms with Crippen LogP contribution in [0.3, 0.4) is 0 Å². The summed E-state index contributed by atoms with van der Waals surface area (Å²) in [5.41, 5.74) is 2.36. The van der Waals surface area contributed by atoms with E-state index in [2.05, 4.69) is 15.4 Å². The van der Waals surface area contributed by atoms with Crippen molar-refractivity contribution in [3.63, 3.8) is 0 Å². The fraction of sp³-hybridized carbons (Fsp3) is 0.160. The number of carbonyl (C=O) groups is 1. The third kappa shape index (κ3) is 5.38. The number of amides is 1. The highest BCUT2D eigenvalue weighted by Gasteiger charge is 2.16. The molecule has 0 aliphatic rings. The highest BCUT2D eigenvalue weighted by molar-refractivity contribution is 6.04. The molecule has 1 N–H and O–H groups in total. The molecular formula is C25H23FN4O4. The number of anilines is 1. The molecule has 1 amide bonds. The Morgan fingerprint density at radius 2 is 1.76 bits per heavy atom. The molecule has 34 heavy (non-hydrogen) atoms. The normalized spacial score (nSPS) is 10.7. The maximum atomic E-state index is 13.5. The van der Waals surface area contributed by atoms with Crippen molar-refractivity contribution in [2.24, 2.45) is 0 Å². The third-order valence-corrected chi connectivity index (χ3v) is 4.91. The number of aromatic nitrogens is 3. The minimum absolute atomic E-state index is 0.157. The van der Waals surface area contributed by atoms with Crippen LogP contribution in [0.15, 0.2) is 72.8 Å². The Morgan fingerprint density at radius 1 is 1.00 bits per heavy atom. The summed E-state index contributed by atoms with van der Waals surface area (Å²) in [6.07, 6.45) is 0. The Bertz CT molecular complexity index is 1260. The van der Waals surface area contributed by atoms with Gasteiger partial charge in [-0.15, -0.1) is 5.10 Å². The van der Waals surface area contributed by atoms with Gasteiger partial charge in [-0.25, -0.2) is 9.07 Å². The predicted molar refractivity (Wildman–Crippen MR) is 125 cm³/mol. The number of hydrogen-bond donors (Lipinski definition) is 1. The summed E-state index contributed by atoms with van der Waals surface area (Å²) in [7, 11) is 3.14. The van der Waals surface area contributed by atoms with Gasteiger partial charge in [0.2, 0.25) is 0 Å². The summed E-state index contributed by atoms with van der Waals surface area (Å²) < 4.78 is 30.8. The van der Waals surface area contributed by atoms with E-state index in [1.807, 2.05) is 6.07 Å². The molecule has 174 valence electrons. The standard InChI is InChI=1S/C25H23FN4O4/c1-32-14-15-34-25-28-23(17-6-10-19(26)11-7-17)30(29-25)21-5-3-4-20(16-21)27-24(31)18-8-12-22(33-2)13-9-18/h3-13,16H,14-15H2,1-2H3,(H,27,31). The second kappa shape index (κ2) is 10.6. The van der Waals surface area contributed by atoms with Crippen molar-refractivity contribution in [3.8, 4) is 28.8 Å². The topological polar surface area (TPSA) is 87.5 Å². The van der Waals surface area contributed by atoms with Gasteiger partial charge in [-0.1, -0.05) is 6.07 Å². The zero-order chi connectivity index (χ0) is 23.9. The monoisotopic (exact) mass is 462 g/mol. The van der Waals surface area contributed by atoms with E-state index < -0.39 is 0 Å². The lowest BCUT2D eigenvalue weighted by Gasteiger charge is -2.10. The van der Waals surface area contributed by atoms with Crippen LogP contribution in [0.1, 0.15) is 10.4 Å². The molecule has 8 nitrogen and oxygen atoms in total. The lowest BCUT2D eigenvalue weighted by molar-refractivity contribution is 0.102. The van der Waals surface area contributed by atoms with E-state index in [9.17, 15) is 9.18 Å². The van der Waals surface area contributed by atoms with Gasteiger partial charge in [0.25, 0.3) is 5.91 Å². The first-order chi connectivity index (χ1) is 16.6. The molecule has 0 aliphatic carbocycles. The SMILES string of the molecule is COCCOc1nc(-c2ccc(F)cc2)n(-c2cccc(NC(=O)c3ccc(OC)cc3)c2)n1. The van der Waals surface area contributed by atoms with Crippen LogP contribution in [-0.2, 0) is 4.74 Å². The summed E-state index contributed by atoms with van der Waals surface area (Å²) >= 11 is 0. The van der Waals surface area contributed by atoms with Crippen molar-refractivity contribution < 1.29 is 23.4 Å². The Hall–Kier alpha value is -4.24. The summed E-state index contributed by atoms with van der Waals surface area (Å²) in [6.45, 7) is 0.661. The maximum absolute atomic E-state index is 13.5. The van der Waals surface area contributed by atoms with Crippen LogP contribution in [0.2, 0.25) is 0 Å². The van der Waals surface area contributed by atoms with E-state index in [1.54, 1.807) is 73.5 Å². The minimum atomic E-state index is -0.352. The molecule has 0 spiro atoms. The Balaban J connectivity index is 1.63. The molecule has 0 saturated heterocycles. The average Bonchev–Trinajstić information content (AvgIpc) is 3.29. The minimum Gasteiger partial charge on any atom is -0.497 e. The fourth-order valence-corrected chi connectivity index (χ4v) is 3.20. The van der Waals surface area contributed by atoms with Crippen LogP contribution in [0.25, 0.3) is 17.1 Å². The smallest absolute Gasteiger partial charge is 0.336 e. The fourth-order valence-electron chi connectivity index (χ4n) is 3.20. The van der Waals surface area contributed by atoms with E-state index in [0.29, 0.717) is 40.7 Å². The van der Waals surface area contributed by atoms with Crippen molar-refractivity contribution in [1.82, 2.24) is 14.8 Å². The van der Waals surface area contributed by atoms with E-state index in [-0.39, 0.29) is 24.3 Å². The summed E-state index contributed by atoms with van der Waals surface area (Å²) in [4.78, 5) is 17.1. The van der Waals surface area contributed by atoms with Crippen molar-refractivity contribution in [3.05, 3.63) is 84.2 Å². The molecule has 4 aromatic rings. The summed E-state index contributed by atoms with van der Waals surface area (Å²) in [5.74, 6) is 0.517. The number of benzene rings is 3. The summed E-state index contributed by atoms with van der Waals surface area (Å²) in [6, 6.07) is 20.1. The molecule has 0 fully saturated rings. The Kier molecular flexibility index (Phi) is 7.14. The molecular weight excluding hydrogens is 439 g/mol. The van der Waals surface area contributed by atoms with Gasteiger partial charge < -0.3 is 19.5 Å². The van der Waals surface area contributed by atoms with Crippen molar-refractivity contribution in [2.45, 2.75) is 0 Å². The first-order valence-corrected chi connectivity index (χ1v) is 10.5. The predicted octanol–water partition coefficient (Wildman–Crippen LogP) is 4.36. The van der Waals surface area contributed by atoms with Crippen molar-refractivity contribution >= 4 is 11.6 Å². The zero-order valence-electron chi connectivity index (χ0n) is 18.7. The van der Waals surface area contributed by atoms with Crippen LogP contribution in [0, 0.1) is 5.82 Å². The third-order valence-electron chi connectivity index (χ3n) is 4.91. The van der Waals surface area contributed by atoms with Gasteiger partial charge in [0, 0.05) is 23.9 Å². The molecule has 3 aromatic carbocycles. The first kappa shape index (κ1) is 22.9. The van der Waals surface area contributed by atoms with Crippen LogP contribution in [-0.4, -0.2) is 48.1 Å². The Labute approximate surface area is 195 Å². The van der Waals surface area contributed by atoms with Crippen LogP contribution >= 0.6 is 0 Å². The number of nitrogens with one attached hydrogen (secondary N) is 1. The van der Waals surface area contributed by atoms with Gasteiger partial charge in [-0.2, -0.15) is 4.98 Å². The highest BCUT2D eigenvalue weighted by Crippen LogP contribution is 2.25. The second-order valence-corrected chi connectivity index (χ2v) is 7.21. The summed E-state index contributed by atoms with van der Waals surface area (Å²) in [5, 5.41) is 7.34. The number of carbonyl (C=O) groups excluding carboxylic acids is 1. The van der Waals surface area contributed by atoms with Gasteiger partial charge in [0.1, 0.15) is 18.2 Å². The number of nitrogens with zero attached hydrogens (tertiary/aromatic N) is 3. The van der Waals surface area contributed by atoms with Crippen molar-refractivity contribution in [1.29, 1.82) is 0 Å². The van der Waals surface area contributed by atoms with Gasteiger partial charge in [-0.3, -0.25) is 4.79 Å².